The molecule has 126 valence electrons. The Hall–Kier alpha value is -2.58. The number of carbonyl (C=O) groups excluding carboxylic acids is 1. The number of rotatable bonds is 2. The molecule has 1 aliphatic heterocycles. The van der Waals surface area contributed by atoms with Gasteiger partial charge in [-0.15, -0.1) is 0 Å². The van der Waals surface area contributed by atoms with Crippen molar-refractivity contribution in [1.29, 1.82) is 0 Å². The van der Waals surface area contributed by atoms with Gasteiger partial charge >= 0.3 is 11.8 Å². The zero-order valence-electron chi connectivity index (χ0n) is 13.5. The molecule has 1 saturated heterocycles. The van der Waals surface area contributed by atoms with Crippen molar-refractivity contribution in [1.82, 2.24) is 9.88 Å². The molecule has 2 rings (SSSR count). The highest BCUT2D eigenvalue weighted by Crippen LogP contribution is 2.25. The summed E-state index contributed by atoms with van der Waals surface area (Å²) >= 11 is 0. The number of hydrogen-bond acceptors (Lipinski definition) is 7. The summed E-state index contributed by atoms with van der Waals surface area (Å²) in [6, 6.07) is 1.41. The molecule has 9 nitrogen and oxygen atoms in total. The number of ether oxygens (including phenoxy) is 1. The first-order valence-electron chi connectivity index (χ1n) is 7.30. The maximum absolute atomic E-state index is 12.0. The molecule has 0 aromatic carbocycles. The van der Waals surface area contributed by atoms with Crippen molar-refractivity contribution in [3.63, 3.8) is 0 Å². The van der Waals surface area contributed by atoms with Crippen LogP contribution in [0.2, 0.25) is 0 Å². The molecule has 0 bridgehead atoms. The lowest BCUT2D eigenvalue weighted by atomic mass is 10.2. The number of piperazine rings is 1. The van der Waals surface area contributed by atoms with Gasteiger partial charge in [0.25, 0.3) is 0 Å². The molecular weight excluding hydrogens is 302 g/mol. The van der Waals surface area contributed by atoms with Crippen molar-refractivity contribution in [3.8, 4) is 0 Å². The third-order valence-corrected chi connectivity index (χ3v) is 3.38. The van der Waals surface area contributed by atoms with Crippen molar-refractivity contribution >= 4 is 23.3 Å². The Bertz CT molecular complexity index is 606. The van der Waals surface area contributed by atoms with Crippen molar-refractivity contribution in [2.45, 2.75) is 26.4 Å². The van der Waals surface area contributed by atoms with Crippen LogP contribution in [0.15, 0.2) is 12.3 Å². The van der Waals surface area contributed by atoms with Crippen LogP contribution >= 0.6 is 0 Å². The predicted octanol–water partition coefficient (Wildman–Crippen LogP) is 1.63. The van der Waals surface area contributed by atoms with Gasteiger partial charge in [0.15, 0.2) is 0 Å². The Kier molecular flexibility index (Phi) is 4.57. The number of aromatic nitrogens is 1. The van der Waals surface area contributed by atoms with E-state index >= 15 is 0 Å². The number of nitrogens with two attached hydrogens (primary N) is 1. The predicted molar refractivity (Wildman–Crippen MR) is 85.3 cm³/mol. The van der Waals surface area contributed by atoms with Gasteiger partial charge in [-0.2, -0.15) is 0 Å². The highest BCUT2D eigenvalue weighted by molar-refractivity contribution is 5.69. The molecule has 23 heavy (non-hydrogen) atoms. The molecule has 0 unspecified atom stereocenters. The van der Waals surface area contributed by atoms with Crippen LogP contribution in [0.4, 0.5) is 22.0 Å². The molecular formula is C14H21N5O4. The minimum atomic E-state index is -0.553. The fraction of sp³-hybridized carbons (Fsp3) is 0.571. The van der Waals surface area contributed by atoms with Gasteiger partial charge in [-0.3, -0.25) is 10.1 Å². The van der Waals surface area contributed by atoms with E-state index in [0.717, 1.165) is 0 Å². The molecule has 1 fully saturated rings. The third kappa shape index (κ3) is 4.21. The van der Waals surface area contributed by atoms with Crippen LogP contribution in [0.1, 0.15) is 20.8 Å². The van der Waals surface area contributed by atoms with Crippen LogP contribution in [0.25, 0.3) is 0 Å². The summed E-state index contributed by atoms with van der Waals surface area (Å²) < 4.78 is 5.33. The van der Waals surface area contributed by atoms with E-state index in [1.54, 1.807) is 4.90 Å². The summed E-state index contributed by atoms with van der Waals surface area (Å²) in [6.45, 7) is 7.51. The highest BCUT2D eigenvalue weighted by atomic mass is 16.6. The molecule has 1 amide bonds. The number of nitrogen functional groups attached to an aromatic ring is 1. The van der Waals surface area contributed by atoms with Crippen molar-refractivity contribution in [2.75, 3.05) is 36.8 Å². The Labute approximate surface area is 134 Å². The zero-order valence-corrected chi connectivity index (χ0v) is 13.5. The molecule has 1 aromatic rings. The molecule has 9 heteroatoms. The first kappa shape index (κ1) is 16.8. The first-order valence-corrected chi connectivity index (χ1v) is 7.30. The topological polar surface area (TPSA) is 115 Å². The molecule has 1 aliphatic rings. The van der Waals surface area contributed by atoms with E-state index in [0.29, 0.717) is 31.9 Å². The van der Waals surface area contributed by atoms with Gasteiger partial charge in [0, 0.05) is 32.2 Å². The van der Waals surface area contributed by atoms with E-state index in [4.69, 9.17) is 10.5 Å². The summed E-state index contributed by atoms with van der Waals surface area (Å²) in [7, 11) is 0. The molecule has 2 heterocycles. The third-order valence-electron chi connectivity index (χ3n) is 3.38. The lowest BCUT2D eigenvalue weighted by Crippen LogP contribution is -2.50. The summed E-state index contributed by atoms with van der Waals surface area (Å²) in [5, 5.41) is 10.9. The fourth-order valence-electron chi connectivity index (χ4n) is 2.25. The second-order valence-electron chi connectivity index (χ2n) is 6.31. The van der Waals surface area contributed by atoms with Gasteiger partial charge in [0.1, 0.15) is 5.60 Å². The Morgan fingerprint density at radius 3 is 2.48 bits per heavy atom. The minimum absolute atomic E-state index is 0.105. The molecule has 0 saturated carbocycles. The summed E-state index contributed by atoms with van der Waals surface area (Å²) in [4.78, 5) is 29.8. The number of amides is 1. The monoisotopic (exact) mass is 323 g/mol. The quantitative estimate of drug-likeness (QED) is 0.649. The van der Waals surface area contributed by atoms with Gasteiger partial charge in [0.2, 0.25) is 5.82 Å². The van der Waals surface area contributed by atoms with E-state index in [1.165, 1.54) is 12.3 Å². The van der Waals surface area contributed by atoms with E-state index < -0.39 is 10.5 Å². The van der Waals surface area contributed by atoms with E-state index in [1.807, 2.05) is 25.7 Å². The summed E-state index contributed by atoms with van der Waals surface area (Å²) in [5.74, 6) is -0.105. The van der Waals surface area contributed by atoms with Gasteiger partial charge < -0.3 is 20.3 Å². The van der Waals surface area contributed by atoms with Crippen LogP contribution in [-0.2, 0) is 4.74 Å². The van der Waals surface area contributed by atoms with Crippen molar-refractivity contribution < 1.29 is 14.5 Å². The molecule has 2 N–H and O–H groups in total. The number of hydrogen-bond donors (Lipinski definition) is 1. The molecule has 0 aliphatic carbocycles. The smallest absolute Gasteiger partial charge is 0.410 e. The van der Waals surface area contributed by atoms with Crippen LogP contribution in [-0.4, -0.2) is 52.7 Å². The number of carbonyl (C=O) groups is 1. The average Bonchev–Trinajstić information content (AvgIpc) is 2.46. The molecule has 0 spiro atoms. The summed E-state index contributed by atoms with van der Waals surface area (Å²) in [6.07, 6.45) is 1.16. The van der Waals surface area contributed by atoms with E-state index in [9.17, 15) is 14.9 Å². The lowest BCUT2D eigenvalue weighted by molar-refractivity contribution is -0.384. The average molecular weight is 323 g/mol. The maximum Gasteiger partial charge on any atom is 0.410 e. The number of anilines is 2. The number of nitrogens with zero attached hydrogens (tertiary/aromatic N) is 4. The van der Waals surface area contributed by atoms with Gasteiger partial charge in [-0.25, -0.2) is 9.78 Å². The van der Waals surface area contributed by atoms with Crippen molar-refractivity contribution in [2.24, 2.45) is 0 Å². The minimum Gasteiger partial charge on any atom is -0.444 e. The maximum atomic E-state index is 12.0. The van der Waals surface area contributed by atoms with Gasteiger partial charge in [-0.05, 0) is 20.8 Å². The van der Waals surface area contributed by atoms with E-state index in [2.05, 4.69) is 4.98 Å². The van der Waals surface area contributed by atoms with Gasteiger partial charge in [-0.1, -0.05) is 0 Å². The lowest BCUT2D eigenvalue weighted by Gasteiger charge is -2.36. The van der Waals surface area contributed by atoms with Crippen LogP contribution in [0, 0.1) is 10.1 Å². The molecule has 1 aromatic heterocycles. The van der Waals surface area contributed by atoms with Crippen molar-refractivity contribution in [3.05, 3.63) is 22.4 Å². The molecule has 0 atom stereocenters. The van der Waals surface area contributed by atoms with E-state index in [-0.39, 0.29) is 17.6 Å². The Balaban J connectivity index is 2.01. The Morgan fingerprint density at radius 1 is 1.35 bits per heavy atom. The number of nitro groups is 1. The standard InChI is InChI=1S/C14H21N5O4/c1-14(2,3)23-13(20)18-6-4-17(5-7-18)10-8-11(19(21)22)12(15)16-9-10/h8-9H,4-7H2,1-3H3,(H2,15,16). The number of pyridine rings is 1. The van der Waals surface area contributed by atoms with Crippen LogP contribution in [0.5, 0.6) is 0 Å². The largest absolute Gasteiger partial charge is 0.444 e. The second-order valence-corrected chi connectivity index (χ2v) is 6.31. The second kappa shape index (κ2) is 6.27. The fourth-order valence-corrected chi connectivity index (χ4v) is 2.25. The first-order chi connectivity index (χ1) is 10.7. The van der Waals surface area contributed by atoms with Gasteiger partial charge in [0.05, 0.1) is 16.8 Å². The van der Waals surface area contributed by atoms with Crippen LogP contribution in [0.3, 0.4) is 0 Å². The SMILES string of the molecule is CC(C)(C)OC(=O)N1CCN(c2cnc(N)c([N+](=O)[O-])c2)CC1. The highest BCUT2D eigenvalue weighted by Gasteiger charge is 2.27. The molecule has 0 radical (unpaired) electrons. The zero-order chi connectivity index (χ0) is 17.2. The normalized spacial score (nSPS) is 15.4. The summed E-state index contributed by atoms with van der Waals surface area (Å²) in [5.41, 5.74) is 5.38. The van der Waals surface area contributed by atoms with Crippen LogP contribution < -0.4 is 10.6 Å². The Morgan fingerprint density at radius 2 is 1.96 bits per heavy atom.